The lowest BCUT2D eigenvalue weighted by atomic mass is 10.4. The maximum absolute atomic E-state index is 10.8. The third kappa shape index (κ3) is 4.71. The number of carbonyl (C=O) groups excluding carboxylic acids is 1. The lowest BCUT2D eigenvalue weighted by Gasteiger charge is -1.93. The summed E-state index contributed by atoms with van der Waals surface area (Å²) in [5.74, 6) is -1.82. The summed E-state index contributed by atoms with van der Waals surface area (Å²) in [5.41, 5.74) is 2.11. The summed E-state index contributed by atoms with van der Waals surface area (Å²) >= 11 is 4.73. The third-order valence-electron chi connectivity index (χ3n) is 1.29. The fraction of sp³-hybridized carbons (Fsp3) is 0.125. The molecule has 7 heteroatoms. The smallest absolute Gasteiger partial charge is 0.312 e. The van der Waals surface area contributed by atoms with Gasteiger partial charge in [-0.1, -0.05) is 0 Å². The first kappa shape index (κ1) is 11.9. The molecule has 0 atom stereocenters. The summed E-state index contributed by atoms with van der Waals surface area (Å²) in [5, 5.41) is 11.9. The molecular formula is C8H7BrN2O3S. The number of nitrogens with one attached hydrogen (secondary N) is 1. The van der Waals surface area contributed by atoms with E-state index in [9.17, 15) is 9.59 Å². The van der Waals surface area contributed by atoms with E-state index in [1.165, 1.54) is 17.6 Å². The molecule has 1 heterocycles. The average Bonchev–Trinajstić information content (AvgIpc) is 2.50. The first-order valence-corrected chi connectivity index (χ1v) is 5.48. The van der Waals surface area contributed by atoms with Gasteiger partial charge in [-0.2, -0.15) is 5.10 Å². The standard InChI is InChI=1S/C8H7BrN2O3S/c9-6-2-1-5(15-6)4-10-11-7(12)3-8(13)14/h1-2,4H,3H2,(H,11,12)(H,13,14)/b10-4+. The Labute approximate surface area is 97.9 Å². The molecule has 5 nitrogen and oxygen atoms in total. The Hall–Kier alpha value is -1.21. The summed E-state index contributed by atoms with van der Waals surface area (Å²) in [6.07, 6.45) is 0.876. The number of rotatable bonds is 4. The van der Waals surface area contributed by atoms with Crippen molar-refractivity contribution >= 4 is 45.4 Å². The van der Waals surface area contributed by atoms with Crippen LogP contribution in [0, 0.1) is 0 Å². The molecule has 0 unspecified atom stereocenters. The van der Waals surface area contributed by atoms with E-state index in [2.05, 4.69) is 26.5 Å². The third-order valence-corrected chi connectivity index (χ3v) is 2.85. The predicted molar refractivity (Wildman–Crippen MR) is 60.0 cm³/mol. The second-order valence-corrected chi connectivity index (χ2v) is 5.00. The SMILES string of the molecule is O=C(O)CC(=O)N/N=C/c1ccc(Br)s1. The van der Waals surface area contributed by atoms with Crippen molar-refractivity contribution < 1.29 is 14.7 Å². The Morgan fingerprint density at radius 3 is 2.87 bits per heavy atom. The first-order valence-electron chi connectivity index (χ1n) is 3.87. The first-order chi connectivity index (χ1) is 7.08. The van der Waals surface area contributed by atoms with Crippen LogP contribution in [0.15, 0.2) is 21.0 Å². The zero-order valence-electron chi connectivity index (χ0n) is 7.44. The molecule has 0 bridgehead atoms. The minimum atomic E-state index is -1.18. The Kier molecular flexibility index (Phi) is 4.44. The van der Waals surface area contributed by atoms with E-state index in [1.807, 2.05) is 12.1 Å². The van der Waals surface area contributed by atoms with Crippen molar-refractivity contribution in [3.63, 3.8) is 0 Å². The molecule has 0 aliphatic rings. The highest BCUT2D eigenvalue weighted by atomic mass is 79.9. The number of nitrogens with zero attached hydrogens (tertiary/aromatic N) is 1. The molecule has 0 radical (unpaired) electrons. The summed E-state index contributed by atoms with van der Waals surface area (Å²) in [7, 11) is 0. The van der Waals surface area contributed by atoms with Gasteiger partial charge in [0.2, 0.25) is 0 Å². The quantitative estimate of drug-likeness (QED) is 0.500. The molecule has 1 aromatic rings. The van der Waals surface area contributed by atoms with Gasteiger partial charge >= 0.3 is 5.97 Å². The van der Waals surface area contributed by atoms with E-state index in [1.54, 1.807) is 0 Å². The highest BCUT2D eigenvalue weighted by Gasteiger charge is 2.05. The number of hydrazone groups is 1. The van der Waals surface area contributed by atoms with Gasteiger partial charge in [-0.05, 0) is 28.1 Å². The summed E-state index contributed by atoms with van der Waals surface area (Å²) in [4.78, 5) is 21.8. The van der Waals surface area contributed by atoms with Crippen molar-refractivity contribution in [3.05, 3.63) is 20.8 Å². The maximum atomic E-state index is 10.8. The van der Waals surface area contributed by atoms with Gasteiger partial charge in [-0.25, -0.2) is 5.43 Å². The molecule has 0 aliphatic heterocycles. The fourth-order valence-electron chi connectivity index (χ4n) is 0.742. The molecule has 1 rings (SSSR count). The van der Waals surface area contributed by atoms with Crippen molar-refractivity contribution in [3.8, 4) is 0 Å². The van der Waals surface area contributed by atoms with E-state index in [4.69, 9.17) is 5.11 Å². The van der Waals surface area contributed by atoms with Crippen LogP contribution in [-0.4, -0.2) is 23.2 Å². The second-order valence-electron chi connectivity index (χ2n) is 2.51. The van der Waals surface area contributed by atoms with Gasteiger partial charge in [0, 0.05) is 4.88 Å². The van der Waals surface area contributed by atoms with Gasteiger partial charge in [-0.3, -0.25) is 9.59 Å². The molecule has 0 spiro atoms. The predicted octanol–water partition coefficient (Wildman–Crippen LogP) is 1.44. The summed E-state index contributed by atoms with van der Waals surface area (Å²) < 4.78 is 0.959. The number of hydrogen-bond acceptors (Lipinski definition) is 4. The van der Waals surface area contributed by atoms with Crippen molar-refractivity contribution in [1.82, 2.24) is 5.43 Å². The van der Waals surface area contributed by atoms with E-state index < -0.39 is 18.3 Å². The van der Waals surface area contributed by atoms with Crippen molar-refractivity contribution in [2.24, 2.45) is 5.10 Å². The fourth-order valence-corrected chi connectivity index (χ4v) is 2.04. The molecule has 0 aliphatic carbocycles. The largest absolute Gasteiger partial charge is 0.481 e. The van der Waals surface area contributed by atoms with Gasteiger partial charge in [0.15, 0.2) is 0 Å². The number of hydrogen-bond donors (Lipinski definition) is 2. The molecule has 1 aromatic heterocycles. The Bertz CT molecular complexity index is 402. The molecule has 0 saturated carbocycles. The number of carboxylic acids is 1. The van der Waals surface area contributed by atoms with Gasteiger partial charge < -0.3 is 5.11 Å². The zero-order chi connectivity index (χ0) is 11.3. The van der Waals surface area contributed by atoms with E-state index in [-0.39, 0.29) is 0 Å². The number of thiophene rings is 1. The van der Waals surface area contributed by atoms with Gasteiger partial charge in [0.1, 0.15) is 6.42 Å². The highest BCUT2D eigenvalue weighted by molar-refractivity contribution is 9.11. The van der Waals surface area contributed by atoms with Crippen LogP contribution < -0.4 is 5.43 Å². The lowest BCUT2D eigenvalue weighted by Crippen LogP contribution is -2.20. The van der Waals surface area contributed by atoms with Crippen LogP contribution >= 0.6 is 27.3 Å². The number of aliphatic carboxylic acids is 1. The molecule has 2 N–H and O–H groups in total. The van der Waals surface area contributed by atoms with Crippen molar-refractivity contribution in [1.29, 1.82) is 0 Å². The lowest BCUT2D eigenvalue weighted by molar-refractivity contribution is -0.140. The molecular weight excluding hydrogens is 284 g/mol. The van der Waals surface area contributed by atoms with Crippen LogP contribution in [0.3, 0.4) is 0 Å². The molecule has 1 amide bonds. The number of carboxylic acid groups (broad SMARTS) is 1. The van der Waals surface area contributed by atoms with E-state index >= 15 is 0 Å². The number of amides is 1. The minimum Gasteiger partial charge on any atom is -0.481 e. The van der Waals surface area contributed by atoms with Crippen molar-refractivity contribution in [2.75, 3.05) is 0 Å². The van der Waals surface area contributed by atoms with Crippen LogP contribution in [0.4, 0.5) is 0 Å². The Morgan fingerprint density at radius 2 is 2.33 bits per heavy atom. The van der Waals surface area contributed by atoms with Gasteiger partial charge in [-0.15, -0.1) is 11.3 Å². The van der Waals surface area contributed by atoms with E-state index in [0.29, 0.717) is 0 Å². The normalized spacial score (nSPS) is 10.5. The van der Waals surface area contributed by atoms with Crippen LogP contribution in [-0.2, 0) is 9.59 Å². The van der Waals surface area contributed by atoms with E-state index in [0.717, 1.165) is 8.66 Å². The maximum Gasteiger partial charge on any atom is 0.312 e. The van der Waals surface area contributed by atoms with Crippen LogP contribution in [0.2, 0.25) is 0 Å². The topological polar surface area (TPSA) is 78.8 Å². The Morgan fingerprint density at radius 1 is 1.60 bits per heavy atom. The zero-order valence-corrected chi connectivity index (χ0v) is 9.84. The minimum absolute atomic E-state index is 0.578. The molecule has 0 fully saturated rings. The molecule has 80 valence electrons. The summed E-state index contributed by atoms with van der Waals surface area (Å²) in [6.45, 7) is 0. The molecule has 0 aromatic carbocycles. The molecule has 15 heavy (non-hydrogen) atoms. The van der Waals surface area contributed by atoms with Crippen LogP contribution in [0.25, 0.3) is 0 Å². The van der Waals surface area contributed by atoms with Crippen LogP contribution in [0.1, 0.15) is 11.3 Å². The monoisotopic (exact) mass is 290 g/mol. The van der Waals surface area contributed by atoms with Gasteiger partial charge in [0.05, 0.1) is 10.0 Å². The number of halogens is 1. The number of carbonyl (C=O) groups is 2. The van der Waals surface area contributed by atoms with Crippen molar-refractivity contribution in [2.45, 2.75) is 6.42 Å². The second kappa shape index (κ2) is 5.62. The average molecular weight is 291 g/mol. The highest BCUT2D eigenvalue weighted by Crippen LogP contribution is 2.20. The summed E-state index contributed by atoms with van der Waals surface area (Å²) in [6, 6.07) is 3.67. The Balaban J connectivity index is 2.40. The van der Waals surface area contributed by atoms with Crippen LogP contribution in [0.5, 0.6) is 0 Å². The van der Waals surface area contributed by atoms with Gasteiger partial charge in [0.25, 0.3) is 5.91 Å². The molecule has 0 saturated heterocycles.